The summed E-state index contributed by atoms with van der Waals surface area (Å²) in [6.07, 6.45) is 11.8. The van der Waals surface area contributed by atoms with Gasteiger partial charge in [0.15, 0.2) is 0 Å². The van der Waals surface area contributed by atoms with Crippen LogP contribution in [-0.2, 0) is 0 Å². The first-order chi connectivity index (χ1) is 8.90. The SMILES string of the molecule is c1nc(OC2CCCC2)cc(OC2CCCC2)n1. The molecule has 0 N–H and O–H groups in total. The molecule has 2 aliphatic carbocycles. The van der Waals surface area contributed by atoms with Crippen LogP contribution in [0, 0.1) is 0 Å². The van der Waals surface area contributed by atoms with Crippen molar-refractivity contribution in [1.29, 1.82) is 0 Å². The van der Waals surface area contributed by atoms with Crippen LogP contribution in [0.2, 0.25) is 0 Å². The van der Waals surface area contributed by atoms with E-state index >= 15 is 0 Å². The summed E-state index contributed by atoms with van der Waals surface area (Å²) < 4.78 is 11.7. The number of ether oxygens (including phenoxy) is 2. The van der Waals surface area contributed by atoms with Gasteiger partial charge >= 0.3 is 0 Å². The smallest absolute Gasteiger partial charge is 0.220 e. The molecule has 3 rings (SSSR count). The van der Waals surface area contributed by atoms with Gasteiger partial charge in [-0.25, -0.2) is 9.97 Å². The summed E-state index contributed by atoms with van der Waals surface area (Å²) in [7, 11) is 0. The van der Waals surface area contributed by atoms with Crippen molar-refractivity contribution in [2.75, 3.05) is 0 Å². The zero-order valence-electron chi connectivity index (χ0n) is 10.7. The van der Waals surface area contributed by atoms with Crippen LogP contribution in [0.5, 0.6) is 11.8 Å². The molecule has 0 saturated heterocycles. The molecule has 0 radical (unpaired) electrons. The Morgan fingerprint density at radius 3 is 1.67 bits per heavy atom. The summed E-state index contributed by atoms with van der Waals surface area (Å²) in [6.45, 7) is 0. The van der Waals surface area contributed by atoms with Gasteiger partial charge in [0, 0.05) is 0 Å². The molecule has 0 aromatic carbocycles. The maximum atomic E-state index is 5.85. The summed E-state index contributed by atoms with van der Waals surface area (Å²) in [6, 6.07) is 1.83. The van der Waals surface area contributed by atoms with E-state index in [-0.39, 0.29) is 0 Å². The second-order valence-electron chi connectivity index (χ2n) is 5.24. The molecule has 1 aromatic rings. The van der Waals surface area contributed by atoms with Crippen LogP contribution in [-0.4, -0.2) is 22.2 Å². The van der Waals surface area contributed by atoms with Crippen molar-refractivity contribution < 1.29 is 9.47 Å². The lowest BCUT2D eigenvalue weighted by atomic mass is 10.3. The average Bonchev–Trinajstić information content (AvgIpc) is 3.03. The molecular formula is C14H20N2O2. The minimum Gasteiger partial charge on any atom is -0.474 e. The van der Waals surface area contributed by atoms with Crippen LogP contribution in [0.1, 0.15) is 51.4 Å². The average molecular weight is 248 g/mol. The van der Waals surface area contributed by atoms with Crippen molar-refractivity contribution in [1.82, 2.24) is 9.97 Å². The zero-order valence-corrected chi connectivity index (χ0v) is 10.7. The summed E-state index contributed by atoms with van der Waals surface area (Å²) in [4.78, 5) is 8.33. The van der Waals surface area contributed by atoms with Crippen LogP contribution >= 0.6 is 0 Å². The van der Waals surface area contributed by atoms with Gasteiger partial charge in [-0.1, -0.05) is 0 Å². The molecule has 2 fully saturated rings. The molecule has 2 aliphatic rings. The molecule has 1 aromatic heterocycles. The first-order valence-electron chi connectivity index (χ1n) is 7.05. The minimum atomic E-state index is 0.333. The highest BCUT2D eigenvalue weighted by molar-refractivity contribution is 5.19. The summed E-state index contributed by atoms with van der Waals surface area (Å²) in [5, 5.41) is 0. The van der Waals surface area contributed by atoms with E-state index in [0.29, 0.717) is 24.0 Å². The number of rotatable bonds is 4. The van der Waals surface area contributed by atoms with E-state index < -0.39 is 0 Å². The maximum Gasteiger partial charge on any atom is 0.220 e. The third-order valence-corrected chi connectivity index (χ3v) is 3.80. The fraction of sp³-hybridized carbons (Fsp3) is 0.714. The molecule has 98 valence electrons. The van der Waals surface area contributed by atoms with Crippen LogP contribution in [0.4, 0.5) is 0 Å². The first-order valence-corrected chi connectivity index (χ1v) is 7.05. The predicted molar refractivity (Wildman–Crippen MR) is 67.8 cm³/mol. The van der Waals surface area contributed by atoms with Crippen molar-refractivity contribution in [3.05, 3.63) is 12.4 Å². The molecule has 0 aliphatic heterocycles. The van der Waals surface area contributed by atoms with Crippen molar-refractivity contribution >= 4 is 0 Å². The van der Waals surface area contributed by atoms with E-state index in [4.69, 9.17) is 9.47 Å². The Morgan fingerprint density at radius 2 is 1.22 bits per heavy atom. The van der Waals surface area contributed by atoms with Gasteiger partial charge in [-0.3, -0.25) is 0 Å². The quantitative estimate of drug-likeness (QED) is 0.821. The molecular weight excluding hydrogens is 228 g/mol. The highest BCUT2D eigenvalue weighted by Gasteiger charge is 2.19. The van der Waals surface area contributed by atoms with E-state index in [1.54, 1.807) is 0 Å². The normalized spacial score (nSPS) is 21.3. The summed E-state index contributed by atoms with van der Waals surface area (Å²) >= 11 is 0. The highest BCUT2D eigenvalue weighted by Crippen LogP contribution is 2.26. The van der Waals surface area contributed by atoms with E-state index in [9.17, 15) is 0 Å². The Balaban J connectivity index is 1.60. The van der Waals surface area contributed by atoms with Gasteiger partial charge < -0.3 is 9.47 Å². The Hall–Kier alpha value is -1.32. The molecule has 0 bridgehead atoms. The van der Waals surface area contributed by atoms with Crippen LogP contribution < -0.4 is 9.47 Å². The summed E-state index contributed by atoms with van der Waals surface area (Å²) in [5.41, 5.74) is 0. The Labute approximate surface area is 108 Å². The van der Waals surface area contributed by atoms with Gasteiger partial charge in [0.05, 0.1) is 6.07 Å². The second-order valence-corrected chi connectivity index (χ2v) is 5.24. The monoisotopic (exact) mass is 248 g/mol. The number of hydrogen-bond donors (Lipinski definition) is 0. The molecule has 4 nitrogen and oxygen atoms in total. The molecule has 18 heavy (non-hydrogen) atoms. The van der Waals surface area contributed by atoms with Crippen LogP contribution in [0.3, 0.4) is 0 Å². The van der Waals surface area contributed by atoms with Gasteiger partial charge in [-0.15, -0.1) is 0 Å². The number of aromatic nitrogens is 2. The summed E-state index contributed by atoms with van der Waals surface area (Å²) in [5.74, 6) is 1.31. The minimum absolute atomic E-state index is 0.333. The first kappa shape index (κ1) is 11.8. The third kappa shape index (κ3) is 2.92. The molecule has 4 heteroatoms. The molecule has 1 heterocycles. The van der Waals surface area contributed by atoms with Gasteiger partial charge in [0.2, 0.25) is 11.8 Å². The Kier molecular flexibility index (Phi) is 3.62. The molecule has 0 unspecified atom stereocenters. The lowest BCUT2D eigenvalue weighted by molar-refractivity contribution is 0.186. The van der Waals surface area contributed by atoms with Gasteiger partial charge in [-0.05, 0) is 51.4 Å². The molecule has 0 spiro atoms. The molecule has 2 saturated carbocycles. The maximum absolute atomic E-state index is 5.85. The fourth-order valence-corrected chi connectivity index (χ4v) is 2.81. The molecule has 0 amide bonds. The van der Waals surface area contributed by atoms with E-state index in [1.165, 1.54) is 32.0 Å². The molecule has 0 atom stereocenters. The van der Waals surface area contributed by atoms with Gasteiger partial charge in [0.25, 0.3) is 0 Å². The fourth-order valence-electron chi connectivity index (χ4n) is 2.81. The van der Waals surface area contributed by atoms with E-state index in [2.05, 4.69) is 9.97 Å². The largest absolute Gasteiger partial charge is 0.474 e. The Morgan fingerprint density at radius 1 is 0.778 bits per heavy atom. The second kappa shape index (κ2) is 5.55. The topological polar surface area (TPSA) is 44.2 Å². The van der Waals surface area contributed by atoms with Crippen molar-refractivity contribution in [2.24, 2.45) is 0 Å². The number of nitrogens with zero attached hydrogens (tertiary/aromatic N) is 2. The third-order valence-electron chi connectivity index (χ3n) is 3.80. The number of hydrogen-bond acceptors (Lipinski definition) is 4. The van der Waals surface area contributed by atoms with E-state index in [1.807, 2.05) is 6.07 Å². The zero-order chi connectivity index (χ0) is 12.2. The highest BCUT2D eigenvalue weighted by atomic mass is 16.5. The lowest BCUT2D eigenvalue weighted by Gasteiger charge is -2.14. The van der Waals surface area contributed by atoms with Crippen LogP contribution in [0.25, 0.3) is 0 Å². The van der Waals surface area contributed by atoms with Crippen molar-refractivity contribution in [2.45, 2.75) is 63.6 Å². The Bertz CT molecular complexity index is 352. The van der Waals surface area contributed by atoms with E-state index in [0.717, 1.165) is 25.7 Å². The van der Waals surface area contributed by atoms with Crippen molar-refractivity contribution in [3.63, 3.8) is 0 Å². The van der Waals surface area contributed by atoms with Crippen LogP contribution in [0.15, 0.2) is 12.4 Å². The van der Waals surface area contributed by atoms with Gasteiger partial charge in [-0.2, -0.15) is 0 Å². The van der Waals surface area contributed by atoms with Gasteiger partial charge in [0.1, 0.15) is 18.5 Å². The van der Waals surface area contributed by atoms with Crippen molar-refractivity contribution in [3.8, 4) is 11.8 Å². The lowest BCUT2D eigenvalue weighted by Crippen LogP contribution is -2.14. The predicted octanol–water partition coefficient (Wildman–Crippen LogP) is 3.12. The standard InChI is InChI=1S/C14H20N2O2/c1-2-6-11(5-1)17-13-9-14(16-10-15-13)18-12-7-3-4-8-12/h9-12H,1-8H2.